The third-order valence-electron chi connectivity index (χ3n) is 13.8. The van der Waals surface area contributed by atoms with Crippen LogP contribution >= 0.6 is 0 Å². The minimum absolute atomic E-state index is 0.0287. The van der Waals surface area contributed by atoms with Crippen LogP contribution in [0.25, 0.3) is 0 Å². The number of hydrogen-bond donors (Lipinski definition) is 2. The normalized spacial score (nSPS) is 32.0. The molecule has 2 N–H and O–H groups in total. The predicted octanol–water partition coefficient (Wildman–Crippen LogP) is 9.64. The second kappa shape index (κ2) is 12.6. The zero-order valence-corrected chi connectivity index (χ0v) is 31.0. The third kappa shape index (κ3) is 6.13. The van der Waals surface area contributed by atoms with Crippen LogP contribution in [0.2, 0.25) is 0 Å². The van der Waals surface area contributed by atoms with E-state index in [0.717, 1.165) is 29.8 Å². The number of nitrogens with one attached hydrogen (secondary N) is 1. The van der Waals surface area contributed by atoms with Gasteiger partial charge in [-0.15, -0.1) is 0 Å². The van der Waals surface area contributed by atoms with Gasteiger partial charge in [0, 0.05) is 25.1 Å². The molecular weight excluding hydrogens is 578 g/mol. The van der Waals surface area contributed by atoms with Crippen molar-refractivity contribution < 1.29 is 14.6 Å². The van der Waals surface area contributed by atoms with Crippen molar-refractivity contribution in [3.63, 3.8) is 0 Å². The number of fused-ring (bicyclic) bond motifs is 6. The number of ether oxygens (including phenoxy) is 1. The van der Waals surface area contributed by atoms with Gasteiger partial charge in [-0.25, -0.2) is 0 Å². The van der Waals surface area contributed by atoms with E-state index < -0.39 is 6.10 Å². The summed E-state index contributed by atoms with van der Waals surface area (Å²) in [5.41, 5.74) is 8.28. The second-order valence-electron chi connectivity index (χ2n) is 18.2. The smallest absolute Gasteiger partial charge is 0.163 e. The van der Waals surface area contributed by atoms with E-state index in [-0.39, 0.29) is 40.0 Å². The molecule has 0 spiro atoms. The van der Waals surface area contributed by atoms with Gasteiger partial charge in [0.15, 0.2) is 5.78 Å². The fraction of sp³-hybridized carbons (Fsp3) is 0.698. The van der Waals surface area contributed by atoms with Crippen LogP contribution < -0.4 is 10.1 Å². The van der Waals surface area contributed by atoms with Crippen molar-refractivity contribution in [3.8, 4) is 5.75 Å². The fourth-order valence-corrected chi connectivity index (χ4v) is 11.1. The summed E-state index contributed by atoms with van der Waals surface area (Å²) in [6, 6.07) is 11.6. The molecule has 4 aliphatic rings. The molecule has 0 aliphatic heterocycles. The van der Waals surface area contributed by atoms with Gasteiger partial charge < -0.3 is 15.2 Å². The molecule has 0 bridgehead atoms. The average molecular weight is 642 g/mol. The molecule has 0 aromatic heterocycles. The van der Waals surface area contributed by atoms with E-state index in [0.29, 0.717) is 30.7 Å². The van der Waals surface area contributed by atoms with Crippen molar-refractivity contribution in [3.05, 3.63) is 63.7 Å². The molecule has 1 unspecified atom stereocenters. The number of Topliss-reactive ketones (excluding diaryl/α,β-unsaturated/α-hetero) is 1. The molecule has 2 fully saturated rings. The molecule has 4 nitrogen and oxygen atoms in total. The molecule has 2 saturated carbocycles. The highest BCUT2D eigenvalue weighted by atomic mass is 16.5. The number of rotatable bonds is 9. The monoisotopic (exact) mass is 641 g/mol. The number of aliphatic hydroxyl groups is 1. The minimum atomic E-state index is -0.607. The molecule has 2 aromatic carbocycles. The summed E-state index contributed by atoms with van der Waals surface area (Å²) in [4.78, 5) is 13.5. The molecule has 0 heterocycles. The summed E-state index contributed by atoms with van der Waals surface area (Å²) in [6.45, 7) is 22.7. The van der Waals surface area contributed by atoms with Crippen LogP contribution in [0.1, 0.15) is 164 Å². The molecule has 2 aromatic rings. The van der Waals surface area contributed by atoms with Crippen LogP contribution in [0.15, 0.2) is 30.3 Å². The number of carbonyl (C=O) groups is 1. The van der Waals surface area contributed by atoms with Gasteiger partial charge in [0.05, 0.1) is 0 Å². The number of ketones is 1. The molecule has 6 rings (SSSR count). The maximum Gasteiger partial charge on any atom is 0.163 e. The first kappa shape index (κ1) is 34.7. The summed E-state index contributed by atoms with van der Waals surface area (Å²) < 4.78 is 6.47. The molecule has 0 saturated heterocycles. The second-order valence-corrected chi connectivity index (χ2v) is 18.2. The Hall–Kier alpha value is -2.17. The standard InChI is InChI=1S/C43H63NO3/c1-27(2)29-12-14-34-30(20-29)13-15-38-41(7,17-11-19-42(34,38)8)26-44-24-31(45)25-47-37-22-35-33(21-32(37)28(3)4)36(46)23-39-40(5,6)16-10-18-43(35,39)9/h12,14,20-22,27-28,31,38-39,44-45H,10-11,13,15-19,23-26H2,1-9H3/t31?,38-,39-,41-,42+,43+/m0/s1. The topological polar surface area (TPSA) is 58.6 Å². The first-order chi connectivity index (χ1) is 22.1. The van der Waals surface area contributed by atoms with Gasteiger partial charge in [0.2, 0.25) is 0 Å². The molecule has 4 aliphatic carbocycles. The lowest BCUT2D eigenvalue weighted by Gasteiger charge is -2.56. The Morgan fingerprint density at radius 3 is 2.28 bits per heavy atom. The zero-order chi connectivity index (χ0) is 33.9. The van der Waals surface area contributed by atoms with E-state index in [2.05, 4.69) is 98.0 Å². The zero-order valence-electron chi connectivity index (χ0n) is 31.0. The van der Waals surface area contributed by atoms with Gasteiger partial charge in [-0.1, -0.05) is 93.4 Å². The largest absolute Gasteiger partial charge is 0.491 e. The van der Waals surface area contributed by atoms with E-state index in [1.54, 1.807) is 11.1 Å². The Morgan fingerprint density at radius 1 is 0.872 bits per heavy atom. The van der Waals surface area contributed by atoms with Gasteiger partial charge in [-0.05, 0) is 124 Å². The number of aryl methyl sites for hydroxylation is 1. The molecule has 6 atom stereocenters. The van der Waals surface area contributed by atoms with Crippen LogP contribution in [-0.4, -0.2) is 36.7 Å². The van der Waals surface area contributed by atoms with Crippen LogP contribution in [0.4, 0.5) is 0 Å². The van der Waals surface area contributed by atoms with E-state index in [4.69, 9.17) is 4.74 Å². The fourth-order valence-electron chi connectivity index (χ4n) is 11.1. The Labute approximate surface area is 285 Å². The highest BCUT2D eigenvalue weighted by Gasteiger charge is 2.53. The van der Waals surface area contributed by atoms with Crippen LogP contribution in [0, 0.1) is 22.7 Å². The van der Waals surface area contributed by atoms with Crippen molar-refractivity contribution >= 4 is 5.78 Å². The SMILES string of the molecule is CC(C)c1ccc2c(c1)CC[C@H]1[C@](C)(CNCC(O)COc3cc4c(cc3C(C)C)C(=O)C[C@H]3C(C)(C)CCC[C@]43C)CCC[C@]21C. The van der Waals surface area contributed by atoms with Crippen molar-refractivity contribution in [1.82, 2.24) is 5.32 Å². The number of aliphatic hydroxyl groups excluding tert-OH is 1. The Morgan fingerprint density at radius 2 is 1.57 bits per heavy atom. The lowest BCUT2D eigenvalue weighted by atomic mass is 9.49. The highest BCUT2D eigenvalue weighted by Crippen LogP contribution is 2.59. The minimum Gasteiger partial charge on any atom is -0.491 e. The van der Waals surface area contributed by atoms with E-state index >= 15 is 0 Å². The van der Waals surface area contributed by atoms with Gasteiger partial charge in [0.25, 0.3) is 0 Å². The van der Waals surface area contributed by atoms with Crippen LogP contribution in [-0.2, 0) is 17.3 Å². The first-order valence-corrected chi connectivity index (χ1v) is 19.0. The third-order valence-corrected chi connectivity index (χ3v) is 13.8. The molecular formula is C43H63NO3. The molecule has 4 heteroatoms. The summed E-state index contributed by atoms with van der Waals surface area (Å²) >= 11 is 0. The summed E-state index contributed by atoms with van der Waals surface area (Å²) in [5, 5.41) is 14.9. The van der Waals surface area contributed by atoms with E-state index in [1.165, 1.54) is 56.1 Å². The lowest BCUT2D eigenvalue weighted by Crippen LogP contribution is -2.53. The predicted molar refractivity (Wildman–Crippen MR) is 194 cm³/mol. The van der Waals surface area contributed by atoms with Gasteiger partial charge in [-0.2, -0.15) is 0 Å². The van der Waals surface area contributed by atoms with Gasteiger partial charge >= 0.3 is 0 Å². The number of carbonyl (C=O) groups excluding carboxylic acids is 1. The Bertz CT molecular complexity index is 1490. The summed E-state index contributed by atoms with van der Waals surface area (Å²) in [6.07, 6.45) is 9.66. The van der Waals surface area contributed by atoms with Crippen LogP contribution in [0.3, 0.4) is 0 Å². The highest BCUT2D eigenvalue weighted by molar-refractivity contribution is 6.00. The summed E-state index contributed by atoms with van der Waals surface area (Å²) in [5.74, 6) is 2.88. The molecule has 0 amide bonds. The maximum atomic E-state index is 13.5. The average Bonchev–Trinajstić information content (AvgIpc) is 3.00. The number of hydrogen-bond acceptors (Lipinski definition) is 4. The van der Waals surface area contributed by atoms with Crippen molar-refractivity contribution in [2.24, 2.45) is 22.7 Å². The quantitative estimate of drug-likeness (QED) is 0.286. The van der Waals surface area contributed by atoms with Gasteiger partial charge in [-0.3, -0.25) is 4.79 Å². The summed E-state index contributed by atoms with van der Waals surface area (Å²) in [7, 11) is 0. The van der Waals surface area contributed by atoms with E-state index in [1.807, 2.05) is 0 Å². The molecule has 47 heavy (non-hydrogen) atoms. The lowest BCUT2D eigenvalue weighted by molar-refractivity contribution is 0.0218. The van der Waals surface area contributed by atoms with Gasteiger partial charge in [0.1, 0.15) is 18.5 Å². The molecule has 258 valence electrons. The van der Waals surface area contributed by atoms with E-state index in [9.17, 15) is 9.90 Å². The first-order valence-electron chi connectivity index (χ1n) is 19.0. The Balaban J connectivity index is 1.13. The number of benzene rings is 2. The van der Waals surface area contributed by atoms with Crippen molar-refractivity contribution in [1.29, 1.82) is 0 Å². The van der Waals surface area contributed by atoms with Crippen molar-refractivity contribution in [2.45, 2.75) is 149 Å². The van der Waals surface area contributed by atoms with Crippen molar-refractivity contribution in [2.75, 3.05) is 19.7 Å². The Kier molecular flexibility index (Phi) is 9.31. The maximum absolute atomic E-state index is 13.5. The molecule has 0 radical (unpaired) electrons. The van der Waals surface area contributed by atoms with Crippen LogP contribution in [0.5, 0.6) is 5.75 Å².